The predicted octanol–water partition coefficient (Wildman–Crippen LogP) is 2.36. The highest BCUT2D eigenvalue weighted by Gasteiger charge is 2.29. The Balaban J connectivity index is 1.24. The molecule has 0 spiro atoms. The van der Waals surface area contributed by atoms with Gasteiger partial charge in [0.25, 0.3) is 0 Å². The van der Waals surface area contributed by atoms with Crippen molar-refractivity contribution in [1.82, 2.24) is 5.32 Å². The highest BCUT2D eigenvalue weighted by atomic mass is 19.1. The largest absolute Gasteiger partial charge is 0.487 e. The molecule has 2 heterocycles. The minimum absolute atomic E-state index is 0.257. The molecule has 29 heavy (non-hydrogen) atoms. The molecule has 2 aliphatic rings. The molecule has 0 radical (unpaired) electrons. The van der Waals surface area contributed by atoms with Crippen LogP contribution in [0.2, 0.25) is 0 Å². The number of ether oxygens (including phenoxy) is 2. The lowest BCUT2D eigenvalue weighted by atomic mass is 9.98. The van der Waals surface area contributed by atoms with Crippen molar-refractivity contribution in [2.45, 2.75) is 50.1 Å². The van der Waals surface area contributed by atoms with Crippen LogP contribution in [0.4, 0.5) is 8.78 Å². The third-order valence-corrected chi connectivity index (χ3v) is 5.56. The average molecular weight is 405 g/mol. The fourth-order valence-electron chi connectivity index (χ4n) is 3.94. The van der Waals surface area contributed by atoms with Crippen molar-refractivity contribution in [3.05, 3.63) is 59.2 Å². The van der Waals surface area contributed by atoms with Gasteiger partial charge in [-0.1, -0.05) is 0 Å². The van der Waals surface area contributed by atoms with Gasteiger partial charge in [0, 0.05) is 13.1 Å². The number of nitrogens with one attached hydrogen (secondary N) is 1. The van der Waals surface area contributed by atoms with E-state index in [1.807, 2.05) is 0 Å². The van der Waals surface area contributed by atoms with Gasteiger partial charge < -0.3 is 25.0 Å². The first-order valence-electron chi connectivity index (χ1n) is 9.96. The molecule has 4 atom stereocenters. The number of aliphatic hydroxyl groups is 2. The quantitative estimate of drug-likeness (QED) is 0.688. The summed E-state index contributed by atoms with van der Waals surface area (Å²) in [7, 11) is 0. The molecule has 0 amide bonds. The van der Waals surface area contributed by atoms with Crippen LogP contribution in [0.3, 0.4) is 0 Å². The number of aryl methyl sites for hydroxylation is 2. The maximum absolute atomic E-state index is 13.3. The SMILES string of the molecule is O[C@@H](CNC[C@H](O)[C@H]1CCc2cc(F)ccc2O1)[C@H]1CCc2cc(F)ccc2O1. The van der Waals surface area contributed by atoms with E-state index in [1.165, 1.54) is 24.3 Å². The van der Waals surface area contributed by atoms with E-state index in [4.69, 9.17) is 9.47 Å². The predicted molar refractivity (Wildman–Crippen MR) is 103 cm³/mol. The Bertz CT molecular complexity index is 793. The van der Waals surface area contributed by atoms with Gasteiger partial charge in [0.15, 0.2) is 0 Å². The summed E-state index contributed by atoms with van der Waals surface area (Å²) in [5.41, 5.74) is 1.62. The molecule has 2 aromatic rings. The third kappa shape index (κ3) is 4.69. The van der Waals surface area contributed by atoms with Gasteiger partial charge in [0.1, 0.15) is 47.5 Å². The second kappa shape index (κ2) is 8.65. The monoisotopic (exact) mass is 405 g/mol. The Hall–Kier alpha value is -2.22. The van der Waals surface area contributed by atoms with Crippen molar-refractivity contribution in [3.63, 3.8) is 0 Å². The van der Waals surface area contributed by atoms with E-state index in [1.54, 1.807) is 12.1 Å². The van der Waals surface area contributed by atoms with E-state index in [0.717, 1.165) is 11.1 Å². The number of fused-ring (bicyclic) bond motifs is 2. The fraction of sp³-hybridized carbons (Fsp3) is 0.455. The van der Waals surface area contributed by atoms with E-state index in [2.05, 4.69) is 5.32 Å². The Kier molecular flexibility index (Phi) is 5.99. The summed E-state index contributed by atoms with van der Waals surface area (Å²) in [5, 5.41) is 23.9. The van der Waals surface area contributed by atoms with Gasteiger partial charge in [0.2, 0.25) is 0 Å². The number of halogens is 2. The van der Waals surface area contributed by atoms with Crippen molar-refractivity contribution in [1.29, 1.82) is 0 Å². The van der Waals surface area contributed by atoms with Crippen LogP contribution in [0.1, 0.15) is 24.0 Å². The molecular formula is C22H25F2NO4. The highest BCUT2D eigenvalue weighted by molar-refractivity contribution is 5.36. The molecule has 0 saturated carbocycles. The van der Waals surface area contributed by atoms with E-state index in [-0.39, 0.29) is 36.9 Å². The summed E-state index contributed by atoms with van der Waals surface area (Å²) in [5.74, 6) is 0.624. The van der Waals surface area contributed by atoms with Crippen molar-refractivity contribution in [2.24, 2.45) is 0 Å². The second-order valence-corrected chi connectivity index (χ2v) is 7.69. The molecule has 3 N–H and O–H groups in total. The van der Waals surface area contributed by atoms with Crippen molar-refractivity contribution in [3.8, 4) is 11.5 Å². The number of aliphatic hydroxyl groups excluding tert-OH is 2. The summed E-state index contributed by atoms with van der Waals surface area (Å²) in [6, 6.07) is 8.79. The van der Waals surface area contributed by atoms with Crippen LogP contribution in [-0.4, -0.2) is 47.7 Å². The van der Waals surface area contributed by atoms with Gasteiger partial charge in [-0.15, -0.1) is 0 Å². The number of benzene rings is 2. The van der Waals surface area contributed by atoms with Crippen LogP contribution in [0, 0.1) is 11.6 Å². The standard InChI is InChI=1S/C22H25F2NO4/c23-15-3-7-19-13(9-15)1-5-21(28-19)17(26)11-25-12-18(27)22-6-2-14-10-16(24)4-8-20(14)29-22/h3-4,7-10,17-18,21-22,25-27H,1-2,5-6,11-12H2/t17-,18-,21+,22+/m0/s1. The first kappa shape index (κ1) is 20.1. The smallest absolute Gasteiger partial charge is 0.126 e. The molecule has 0 fully saturated rings. The molecule has 0 unspecified atom stereocenters. The summed E-state index contributed by atoms with van der Waals surface area (Å²) >= 11 is 0. The lowest BCUT2D eigenvalue weighted by Crippen LogP contribution is -2.46. The lowest BCUT2D eigenvalue weighted by molar-refractivity contribution is 0.00892. The molecule has 5 nitrogen and oxygen atoms in total. The Morgan fingerprint density at radius 3 is 1.72 bits per heavy atom. The first-order valence-corrected chi connectivity index (χ1v) is 9.96. The summed E-state index contributed by atoms with van der Waals surface area (Å²) in [6.45, 7) is 0.513. The van der Waals surface area contributed by atoms with E-state index in [9.17, 15) is 19.0 Å². The third-order valence-electron chi connectivity index (χ3n) is 5.56. The minimum Gasteiger partial charge on any atom is -0.487 e. The van der Waals surface area contributed by atoms with Crippen molar-refractivity contribution >= 4 is 0 Å². The Morgan fingerprint density at radius 1 is 0.828 bits per heavy atom. The van der Waals surface area contributed by atoms with E-state index < -0.39 is 12.2 Å². The second-order valence-electron chi connectivity index (χ2n) is 7.69. The molecule has 7 heteroatoms. The van der Waals surface area contributed by atoms with Gasteiger partial charge in [0.05, 0.1) is 0 Å². The fourth-order valence-corrected chi connectivity index (χ4v) is 3.94. The van der Waals surface area contributed by atoms with Gasteiger partial charge >= 0.3 is 0 Å². The summed E-state index contributed by atoms with van der Waals surface area (Å²) in [4.78, 5) is 0. The van der Waals surface area contributed by atoms with Crippen LogP contribution in [0.25, 0.3) is 0 Å². The summed E-state index contributed by atoms with van der Waals surface area (Å²) < 4.78 is 38.2. The average Bonchev–Trinajstić information content (AvgIpc) is 2.72. The molecule has 0 aromatic heterocycles. The molecule has 2 aliphatic heterocycles. The summed E-state index contributed by atoms with van der Waals surface area (Å²) in [6.07, 6.45) is 0.214. The number of hydrogen-bond acceptors (Lipinski definition) is 5. The molecule has 0 saturated heterocycles. The van der Waals surface area contributed by atoms with Crippen LogP contribution in [-0.2, 0) is 12.8 Å². The zero-order valence-electron chi connectivity index (χ0n) is 16.0. The lowest BCUT2D eigenvalue weighted by Gasteiger charge is -2.31. The first-order chi connectivity index (χ1) is 14.0. The molecule has 2 aromatic carbocycles. The van der Waals surface area contributed by atoms with Gasteiger partial charge in [-0.3, -0.25) is 0 Å². The molecule has 0 aliphatic carbocycles. The van der Waals surface area contributed by atoms with Crippen LogP contribution in [0.15, 0.2) is 36.4 Å². The highest BCUT2D eigenvalue weighted by Crippen LogP contribution is 2.30. The normalized spacial score (nSPS) is 22.6. The molecular weight excluding hydrogens is 380 g/mol. The van der Waals surface area contributed by atoms with Crippen molar-refractivity contribution in [2.75, 3.05) is 13.1 Å². The van der Waals surface area contributed by atoms with Gasteiger partial charge in [-0.2, -0.15) is 0 Å². The maximum atomic E-state index is 13.3. The Labute approximate surface area is 168 Å². The molecule has 156 valence electrons. The molecule has 0 bridgehead atoms. The number of rotatable bonds is 6. The minimum atomic E-state index is -0.753. The van der Waals surface area contributed by atoms with Crippen LogP contribution in [0.5, 0.6) is 11.5 Å². The zero-order chi connectivity index (χ0) is 20.4. The van der Waals surface area contributed by atoms with Gasteiger partial charge in [-0.25, -0.2) is 8.78 Å². The van der Waals surface area contributed by atoms with E-state index >= 15 is 0 Å². The van der Waals surface area contributed by atoms with E-state index in [0.29, 0.717) is 37.2 Å². The molecule has 4 rings (SSSR count). The van der Waals surface area contributed by atoms with Crippen molar-refractivity contribution < 1.29 is 28.5 Å². The zero-order valence-corrected chi connectivity index (χ0v) is 16.0. The maximum Gasteiger partial charge on any atom is 0.126 e. The Morgan fingerprint density at radius 2 is 1.28 bits per heavy atom. The van der Waals surface area contributed by atoms with Gasteiger partial charge in [-0.05, 0) is 73.2 Å². The van der Waals surface area contributed by atoms with Crippen LogP contribution >= 0.6 is 0 Å². The van der Waals surface area contributed by atoms with Crippen LogP contribution < -0.4 is 14.8 Å². The number of hydrogen-bond donors (Lipinski definition) is 3. The topological polar surface area (TPSA) is 71.0 Å².